The number of ether oxygens (including phenoxy) is 1. The minimum atomic E-state index is -4.63. The molecule has 3 rings (SSSR count). The third-order valence-electron chi connectivity index (χ3n) is 4.08. The molecule has 1 heterocycles. The van der Waals surface area contributed by atoms with Crippen molar-refractivity contribution >= 4 is 45.9 Å². The normalized spacial score (nSPS) is 11.2. The number of fused-ring (bicyclic) bond motifs is 1. The highest BCUT2D eigenvalue weighted by Crippen LogP contribution is 2.36. The molecule has 0 aliphatic rings. The van der Waals surface area contributed by atoms with Gasteiger partial charge in [-0.25, -0.2) is 4.98 Å². The van der Waals surface area contributed by atoms with Gasteiger partial charge in [-0.05, 0) is 49.4 Å². The highest BCUT2D eigenvalue weighted by molar-refractivity contribution is 8.00. The number of nitrogens with one attached hydrogen (secondary N) is 1. The summed E-state index contributed by atoms with van der Waals surface area (Å²) in [5.41, 5.74) is -0.158. The Balaban J connectivity index is 1.74. The molecule has 0 saturated carbocycles. The lowest BCUT2D eigenvalue weighted by atomic mass is 10.1. The van der Waals surface area contributed by atoms with E-state index in [1.807, 2.05) is 13.0 Å². The van der Waals surface area contributed by atoms with Crippen LogP contribution in [-0.4, -0.2) is 23.3 Å². The summed E-state index contributed by atoms with van der Waals surface area (Å²) in [5.74, 6) is -0.0339. The second kappa shape index (κ2) is 9.45. The van der Waals surface area contributed by atoms with Crippen LogP contribution >= 0.6 is 23.4 Å². The Bertz CT molecular complexity index is 1180. The van der Waals surface area contributed by atoms with E-state index in [1.165, 1.54) is 6.07 Å². The van der Waals surface area contributed by atoms with Crippen molar-refractivity contribution in [3.63, 3.8) is 0 Å². The van der Waals surface area contributed by atoms with Crippen LogP contribution in [0.1, 0.15) is 18.1 Å². The van der Waals surface area contributed by atoms with E-state index in [-0.39, 0.29) is 17.0 Å². The fraction of sp³-hybridized carbons (Fsp3) is 0.190. The van der Waals surface area contributed by atoms with E-state index >= 15 is 0 Å². The third kappa shape index (κ3) is 5.60. The average molecular weight is 466 g/mol. The van der Waals surface area contributed by atoms with E-state index in [0.717, 1.165) is 29.3 Å². The molecule has 0 saturated heterocycles. The number of anilines is 1. The number of pyridine rings is 1. The number of aromatic nitrogens is 1. The van der Waals surface area contributed by atoms with Gasteiger partial charge in [-0.15, -0.1) is 0 Å². The van der Waals surface area contributed by atoms with Gasteiger partial charge in [0, 0.05) is 11.1 Å². The van der Waals surface area contributed by atoms with Gasteiger partial charge in [0.05, 0.1) is 34.0 Å². The summed E-state index contributed by atoms with van der Waals surface area (Å²) in [4.78, 5) is 16.7. The van der Waals surface area contributed by atoms with E-state index in [2.05, 4.69) is 10.3 Å². The van der Waals surface area contributed by atoms with Crippen molar-refractivity contribution in [1.82, 2.24) is 4.98 Å². The van der Waals surface area contributed by atoms with Crippen LogP contribution in [0.15, 0.2) is 47.5 Å². The Morgan fingerprint density at radius 2 is 2.03 bits per heavy atom. The summed E-state index contributed by atoms with van der Waals surface area (Å²) < 4.78 is 44.3. The maximum atomic E-state index is 13.0. The summed E-state index contributed by atoms with van der Waals surface area (Å²) in [6, 6.07) is 12.1. The SMILES string of the molecule is CCOc1ccc2nc(SCC(=O)Nc3ccc(Cl)c(C(F)(F)F)c3)c(C#N)cc2c1. The first-order valence-corrected chi connectivity index (χ1v) is 10.3. The predicted molar refractivity (Wildman–Crippen MR) is 113 cm³/mol. The van der Waals surface area contributed by atoms with Crippen LogP contribution in [0.2, 0.25) is 5.02 Å². The number of hydrogen-bond donors (Lipinski definition) is 1. The third-order valence-corrected chi connectivity index (χ3v) is 5.40. The van der Waals surface area contributed by atoms with Gasteiger partial charge < -0.3 is 10.1 Å². The standard InChI is InChI=1S/C21H15ClF3N3O2S/c1-2-30-15-4-6-18-12(8-15)7-13(10-26)20(28-18)31-11-19(29)27-14-3-5-17(22)16(9-14)21(23,24)25/h3-9H,2,11H2,1H3,(H,27,29). The molecule has 0 atom stereocenters. The molecule has 5 nitrogen and oxygen atoms in total. The van der Waals surface area contributed by atoms with Crippen molar-refractivity contribution < 1.29 is 22.7 Å². The van der Waals surface area contributed by atoms with Crippen LogP contribution < -0.4 is 10.1 Å². The highest BCUT2D eigenvalue weighted by Gasteiger charge is 2.33. The molecule has 3 aromatic rings. The molecule has 0 aliphatic carbocycles. The minimum Gasteiger partial charge on any atom is -0.494 e. The number of halogens is 4. The van der Waals surface area contributed by atoms with E-state index in [9.17, 15) is 23.2 Å². The van der Waals surface area contributed by atoms with Gasteiger partial charge in [-0.1, -0.05) is 23.4 Å². The quantitative estimate of drug-likeness (QED) is 0.458. The van der Waals surface area contributed by atoms with Crippen molar-refractivity contribution in [2.75, 3.05) is 17.7 Å². The van der Waals surface area contributed by atoms with Crippen LogP contribution in [0.5, 0.6) is 5.75 Å². The molecule has 0 bridgehead atoms. The maximum Gasteiger partial charge on any atom is 0.417 e. The number of thioether (sulfide) groups is 1. The van der Waals surface area contributed by atoms with Crippen molar-refractivity contribution in [3.8, 4) is 11.8 Å². The second-order valence-electron chi connectivity index (χ2n) is 6.27. The van der Waals surface area contributed by atoms with Crippen LogP contribution in [0.4, 0.5) is 18.9 Å². The molecule has 0 aliphatic heterocycles. The van der Waals surface area contributed by atoms with Gasteiger partial charge in [-0.2, -0.15) is 18.4 Å². The van der Waals surface area contributed by atoms with Gasteiger partial charge in [-0.3, -0.25) is 4.79 Å². The molecule has 2 aromatic carbocycles. The number of nitrogens with zero attached hydrogens (tertiary/aromatic N) is 2. The molecular weight excluding hydrogens is 451 g/mol. The van der Waals surface area contributed by atoms with E-state index in [1.54, 1.807) is 24.3 Å². The number of hydrogen-bond acceptors (Lipinski definition) is 5. The number of amides is 1. The fourth-order valence-electron chi connectivity index (χ4n) is 2.73. The summed E-state index contributed by atoms with van der Waals surface area (Å²) in [5, 5.41) is 12.4. The Hall–Kier alpha value is -2.96. The number of rotatable bonds is 6. The van der Waals surface area contributed by atoms with E-state index < -0.39 is 22.7 Å². The van der Waals surface area contributed by atoms with Crippen molar-refractivity contribution in [2.45, 2.75) is 18.1 Å². The zero-order valence-corrected chi connectivity index (χ0v) is 17.7. The molecule has 1 amide bonds. The lowest BCUT2D eigenvalue weighted by molar-refractivity contribution is -0.137. The Morgan fingerprint density at radius 1 is 1.26 bits per heavy atom. The summed E-state index contributed by atoms with van der Waals surface area (Å²) in [6.45, 7) is 2.37. The monoisotopic (exact) mass is 465 g/mol. The zero-order chi connectivity index (χ0) is 22.6. The first-order chi connectivity index (χ1) is 14.7. The first kappa shape index (κ1) is 22.7. The van der Waals surface area contributed by atoms with Gasteiger partial charge in [0.25, 0.3) is 0 Å². The van der Waals surface area contributed by atoms with Gasteiger partial charge in [0.15, 0.2) is 0 Å². The molecule has 160 valence electrons. The summed E-state index contributed by atoms with van der Waals surface area (Å²) in [7, 11) is 0. The largest absolute Gasteiger partial charge is 0.494 e. The minimum absolute atomic E-state index is 0.0299. The van der Waals surface area contributed by atoms with Crippen molar-refractivity contribution in [2.24, 2.45) is 0 Å². The van der Waals surface area contributed by atoms with Crippen molar-refractivity contribution in [3.05, 3.63) is 58.6 Å². The number of benzene rings is 2. The van der Waals surface area contributed by atoms with E-state index in [4.69, 9.17) is 16.3 Å². The lowest BCUT2D eigenvalue weighted by Gasteiger charge is -2.12. The van der Waals surface area contributed by atoms with E-state index in [0.29, 0.717) is 22.9 Å². The fourth-order valence-corrected chi connectivity index (χ4v) is 3.72. The molecule has 0 fully saturated rings. The van der Waals surface area contributed by atoms with Gasteiger partial charge in [0.1, 0.15) is 16.8 Å². The lowest BCUT2D eigenvalue weighted by Crippen LogP contribution is -2.15. The summed E-state index contributed by atoms with van der Waals surface area (Å²) in [6.07, 6.45) is -4.63. The molecule has 1 aromatic heterocycles. The topological polar surface area (TPSA) is 75.0 Å². The van der Waals surface area contributed by atoms with Gasteiger partial charge >= 0.3 is 6.18 Å². The molecule has 31 heavy (non-hydrogen) atoms. The zero-order valence-electron chi connectivity index (χ0n) is 16.1. The molecule has 0 radical (unpaired) electrons. The Morgan fingerprint density at radius 3 is 2.71 bits per heavy atom. The van der Waals surface area contributed by atoms with Crippen LogP contribution in [-0.2, 0) is 11.0 Å². The molecule has 0 unspecified atom stereocenters. The second-order valence-corrected chi connectivity index (χ2v) is 7.64. The molecule has 1 N–H and O–H groups in total. The first-order valence-electron chi connectivity index (χ1n) is 8.98. The number of carbonyl (C=O) groups is 1. The number of alkyl halides is 3. The molecular formula is C21H15ClF3N3O2S. The van der Waals surface area contributed by atoms with Crippen LogP contribution in [0, 0.1) is 11.3 Å². The number of nitriles is 1. The highest BCUT2D eigenvalue weighted by atomic mass is 35.5. The predicted octanol–water partition coefficient (Wildman–Crippen LogP) is 5.91. The summed E-state index contributed by atoms with van der Waals surface area (Å²) >= 11 is 6.60. The molecule has 0 spiro atoms. The maximum absolute atomic E-state index is 13.0. The number of carbonyl (C=O) groups excluding carboxylic acids is 1. The smallest absolute Gasteiger partial charge is 0.417 e. The average Bonchev–Trinajstić information content (AvgIpc) is 2.72. The Labute approximate surface area is 185 Å². The van der Waals surface area contributed by atoms with Crippen molar-refractivity contribution in [1.29, 1.82) is 5.26 Å². The van der Waals surface area contributed by atoms with Crippen LogP contribution in [0.3, 0.4) is 0 Å². The Kier molecular flexibility index (Phi) is 6.93. The molecule has 10 heteroatoms. The van der Waals surface area contributed by atoms with Crippen LogP contribution in [0.25, 0.3) is 10.9 Å². The van der Waals surface area contributed by atoms with Gasteiger partial charge in [0.2, 0.25) is 5.91 Å².